The highest BCUT2D eigenvalue weighted by Gasteiger charge is 2.33. The van der Waals surface area contributed by atoms with Crippen molar-refractivity contribution in [3.8, 4) is 0 Å². The number of aryl methyl sites for hydroxylation is 1. The Labute approximate surface area is 106 Å². The van der Waals surface area contributed by atoms with Gasteiger partial charge in [0.25, 0.3) is 5.91 Å². The fraction of sp³-hybridized carbons (Fsp3) is 0.538. The topological polar surface area (TPSA) is 59.8 Å². The third-order valence-electron chi connectivity index (χ3n) is 3.31. The van der Waals surface area contributed by atoms with Crippen molar-refractivity contribution >= 4 is 11.9 Å². The van der Waals surface area contributed by atoms with E-state index in [0.717, 1.165) is 0 Å². The van der Waals surface area contributed by atoms with Gasteiger partial charge in [-0.2, -0.15) is 0 Å². The summed E-state index contributed by atoms with van der Waals surface area (Å²) in [7, 11) is 1.37. The molecule has 2 heterocycles. The molecule has 1 aromatic rings. The highest BCUT2D eigenvalue weighted by atomic mass is 16.5. The summed E-state index contributed by atoms with van der Waals surface area (Å²) >= 11 is 0. The monoisotopic (exact) mass is 251 g/mol. The molecule has 1 aliphatic heterocycles. The highest BCUT2D eigenvalue weighted by Crippen LogP contribution is 2.21. The number of hydrogen-bond acceptors (Lipinski definition) is 4. The molecule has 0 saturated carbocycles. The van der Waals surface area contributed by atoms with Gasteiger partial charge >= 0.3 is 5.97 Å². The first-order valence-corrected chi connectivity index (χ1v) is 6.10. The largest absolute Gasteiger partial charge is 0.469 e. The van der Waals surface area contributed by atoms with Gasteiger partial charge in [0.2, 0.25) is 0 Å². The fourth-order valence-corrected chi connectivity index (χ4v) is 2.28. The van der Waals surface area contributed by atoms with Crippen LogP contribution in [0.25, 0.3) is 0 Å². The van der Waals surface area contributed by atoms with E-state index in [2.05, 4.69) is 0 Å². The lowest BCUT2D eigenvalue weighted by Crippen LogP contribution is -2.30. The molecule has 0 aliphatic carbocycles. The molecule has 2 rings (SSSR count). The van der Waals surface area contributed by atoms with Crippen LogP contribution in [0.1, 0.15) is 29.5 Å². The van der Waals surface area contributed by atoms with Crippen molar-refractivity contribution in [1.82, 2.24) is 4.90 Å². The van der Waals surface area contributed by atoms with Crippen LogP contribution in [-0.4, -0.2) is 37.0 Å². The van der Waals surface area contributed by atoms with E-state index in [1.165, 1.54) is 13.4 Å². The van der Waals surface area contributed by atoms with Crippen LogP contribution in [0.15, 0.2) is 16.7 Å². The summed E-state index contributed by atoms with van der Waals surface area (Å²) < 4.78 is 9.95. The number of furan rings is 1. The van der Waals surface area contributed by atoms with Gasteiger partial charge in [0.05, 0.1) is 24.9 Å². The molecule has 18 heavy (non-hydrogen) atoms. The summed E-state index contributed by atoms with van der Waals surface area (Å²) in [6, 6.07) is 1.69. The van der Waals surface area contributed by atoms with Crippen molar-refractivity contribution in [1.29, 1.82) is 0 Å². The normalized spacial score (nSPS) is 19.0. The van der Waals surface area contributed by atoms with Gasteiger partial charge in [0.1, 0.15) is 5.76 Å². The van der Waals surface area contributed by atoms with Crippen molar-refractivity contribution in [2.75, 3.05) is 20.2 Å². The Bertz CT molecular complexity index is 452. The fourth-order valence-electron chi connectivity index (χ4n) is 2.28. The van der Waals surface area contributed by atoms with Gasteiger partial charge < -0.3 is 14.1 Å². The molecule has 1 unspecified atom stereocenters. The average Bonchev–Trinajstić information content (AvgIpc) is 3.05. The second-order valence-electron chi connectivity index (χ2n) is 4.37. The SMILES string of the molecule is CCc1occc1C(=O)N1CCC(C(=O)OC)C1. The van der Waals surface area contributed by atoms with Crippen LogP contribution >= 0.6 is 0 Å². The maximum Gasteiger partial charge on any atom is 0.310 e. The Hall–Kier alpha value is -1.78. The predicted molar refractivity (Wildman–Crippen MR) is 64.1 cm³/mol. The summed E-state index contributed by atoms with van der Waals surface area (Å²) in [5.74, 6) is 0.192. The number of esters is 1. The molecule has 1 saturated heterocycles. The number of rotatable bonds is 3. The number of hydrogen-bond donors (Lipinski definition) is 0. The van der Waals surface area contributed by atoms with Crippen molar-refractivity contribution in [3.63, 3.8) is 0 Å². The zero-order chi connectivity index (χ0) is 13.1. The summed E-state index contributed by atoms with van der Waals surface area (Å²) in [5.41, 5.74) is 0.600. The van der Waals surface area contributed by atoms with E-state index in [0.29, 0.717) is 37.3 Å². The van der Waals surface area contributed by atoms with Crippen molar-refractivity contribution in [2.45, 2.75) is 19.8 Å². The van der Waals surface area contributed by atoms with Gasteiger partial charge in [0, 0.05) is 19.5 Å². The molecule has 5 heteroatoms. The van der Waals surface area contributed by atoms with Crippen LogP contribution in [0.2, 0.25) is 0 Å². The zero-order valence-corrected chi connectivity index (χ0v) is 10.6. The molecule has 1 atom stereocenters. The maximum atomic E-state index is 12.3. The molecular formula is C13H17NO4. The Kier molecular flexibility index (Phi) is 3.69. The minimum atomic E-state index is -0.242. The van der Waals surface area contributed by atoms with Crippen molar-refractivity contribution in [3.05, 3.63) is 23.7 Å². The number of methoxy groups -OCH3 is 1. The van der Waals surface area contributed by atoms with Gasteiger partial charge in [-0.05, 0) is 12.5 Å². The lowest BCUT2D eigenvalue weighted by Gasteiger charge is -2.15. The van der Waals surface area contributed by atoms with Crippen molar-refractivity contribution < 1.29 is 18.7 Å². The van der Waals surface area contributed by atoms with Gasteiger partial charge in [-0.25, -0.2) is 0 Å². The molecule has 1 aliphatic rings. The standard InChI is InChI=1S/C13H17NO4/c1-3-11-10(5-7-18-11)12(15)14-6-4-9(8-14)13(16)17-2/h5,7,9H,3-4,6,8H2,1-2H3. The van der Waals surface area contributed by atoms with E-state index < -0.39 is 0 Å². The predicted octanol–water partition coefficient (Wildman–Crippen LogP) is 1.48. The molecule has 1 fully saturated rings. The van der Waals surface area contributed by atoms with E-state index in [-0.39, 0.29) is 17.8 Å². The second kappa shape index (κ2) is 5.25. The number of ether oxygens (including phenoxy) is 1. The van der Waals surface area contributed by atoms with Crippen LogP contribution in [0.4, 0.5) is 0 Å². The number of likely N-dealkylation sites (tertiary alicyclic amines) is 1. The van der Waals surface area contributed by atoms with Gasteiger partial charge in [-0.1, -0.05) is 6.92 Å². The maximum absolute atomic E-state index is 12.3. The number of amides is 1. The zero-order valence-electron chi connectivity index (χ0n) is 10.6. The quantitative estimate of drug-likeness (QED) is 0.763. The van der Waals surface area contributed by atoms with Crippen LogP contribution in [-0.2, 0) is 16.0 Å². The second-order valence-corrected chi connectivity index (χ2v) is 4.37. The first kappa shape index (κ1) is 12.7. The Balaban J connectivity index is 2.06. The Morgan fingerprint density at radius 3 is 3.00 bits per heavy atom. The molecule has 0 aromatic carbocycles. The van der Waals surface area contributed by atoms with Crippen LogP contribution < -0.4 is 0 Å². The molecule has 0 bridgehead atoms. The third kappa shape index (κ3) is 2.25. The third-order valence-corrected chi connectivity index (χ3v) is 3.31. The molecule has 98 valence electrons. The lowest BCUT2D eigenvalue weighted by atomic mass is 10.1. The first-order valence-electron chi connectivity index (χ1n) is 6.10. The lowest BCUT2D eigenvalue weighted by molar-refractivity contribution is -0.144. The number of nitrogens with zero attached hydrogens (tertiary/aromatic N) is 1. The average molecular weight is 251 g/mol. The summed E-state index contributed by atoms with van der Waals surface area (Å²) in [5, 5.41) is 0. The van der Waals surface area contributed by atoms with E-state index >= 15 is 0 Å². The molecular weight excluding hydrogens is 234 g/mol. The molecule has 5 nitrogen and oxygen atoms in total. The van der Waals surface area contributed by atoms with E-state index in [9.17, 15) is 9.59 Å². The van der Waals surface area contributed by atoms with Crippen molar-refractivity contribution in [2.24, 2.45) is 5.92 Å². The summed E-state index contributed by atoms with van der Waals surface area (Å²) in [6.07, 6.45) is 2.87. The summed E-state index contributed by atoms with van der Waals surface area (Å²) in [4.78, 5) is 25.4. The summed E-state index contributed by atoms with van der Waals surface area (Å²) in [6.45, 7) is 2.96. The van der Waals surface area contributed by atoms with Gasteiger partial charge in [-0.15, -0.1) is 0 Å². The molecule has 0 N–H and O–H groups in total. The molecule has 1 amide bonds. The van der Waals surface area contributed by atoms with Gasteiger partial charge in [-0.3, -0.25) is 9.59 Å². The number of carbonyl (C=O) groups excluding carboxylic acids is 2. The molecule has 0 spiro atoms. The van der Waals surface area contributed by atoms with E-state index in [1.54, 1.807) is 11.0 Å². The van der Waals surface area contributed by atoms with E-state index in [4.69, 9.17) is 9.15 Å². The minimum absolute atomic E-state index is 0.0630. The van der Waals surface area contributed by atoms with Gasteiger partial charge in [0.15, 0.2) is 0 Å². The molecule has 1 aromatic heterocycles. The van der Waals surface area contributed by atoms with E-state index in [1.807, 2.05) is 6.92 Å². The smallest absolute Gasteiger partial charge is 0.310 e. The Morgan fingerprint density at radius 1 is 1.56 bits per heavy atom. The van der Waals surface area contributed by atoms with Crippen LogP contribution in [0.3, 0.4) is 0 Å². The Morgan fingerprint density at radius 2 is 2.33 bits per heavy atom. The van der Waals surface area contributed by atoms with Crippen LogP contribution in [0.5, 0.6) is 0 Å². The highest BCUT2D eigenvalue weighted by molar-refractivity contribution is 5.95. The first-order chi connectivity index (χ1) is 8.67. The molecule has 0 radical (unpaired) electrons. The van der Waals surface area contributed by atoms with Crippen LogP contribution in [0, 0.1) is 5.92 Å². The number of carbonyl (C=O) groups is 2. The minimum Gasteiger partial charge on any atom is -0.469 e.